The van der Waals surface area contributed by atoms with Gasteiger partial charge in [0.05, 0.1) is 0 Å². The summed E-state index contributed by atoms with van der Waals surface area (Å²) in [5.41, 5.74) is 1.16. The minimum atomic E-state index is -0.156. The fourth-order valence-corrected chi connectivity index (χ4v) is 2.41. The first-order chi connectivity index (χ1) is 7.84. The highest BCUT2D eigenvalue weighted by atomic mass is 19.1. The third-order valence-corrected chi connectivity index (χ3v) is 3.40. The van der Waals surface area contributed by atoms with Crippen LogP contribution in [0.5, 0.6) is 0 Å². The summed E-state index contributed by atoms with van der Waals surface area (Å²) in [6.07, 6.45) is 6.94. The van der Waals surface area contributed by atoms with Crippen molar-refractivity contribution in [3.8, 4) is 0 Å². The molecule has 2 heteroatoms. The standard InChI is InChI=1S/C14H20FN/c15-14-8-6-13(7-9-14)11-16-10-12-4-2-1-3-5-12/h6-9,12,16H,1-5,10-11H2. The summed E-state index contributed by atoms with van der Waals surface area (Å²) in [5, 5.41) is 3.47. The first-order valence-electron chi connectivity index (χ1n) is 6.30. The second-order valence-corrected chi connectivity index (χ2v) is 4.76. The number of hydrogen-bond acceptors (Lipinski definition) is 1. The topological polar surface area (TPSA) is 12.0 Å². The predicted molar refractivity (Wildman–Crippen MR) is 64.7 cm³/mol. The molecule has 88 valence electrons. The number of rotatable bonds is 4. The molecule has 0 radical (unpaired) electrons. The smallest absolute Gasteiger partial charge is 0.123 e. The Morgan fingerprint density at radius 3 is 2.44 bits per heavy atom. The molecule has 1 aromatic rings. The van der Waals surface area contributed by atoms with Crippen molar-refractivity contribution in [3.63, 3.8) is 0 Å². The molecule has 0 heterocycles. The van der Waals surface area contributed by atoms with Crippen LogP contribution in [0.4, 0.5) is 4.39 Å². The van der Waals surface area contributed by atoms with E-state index >= 15 is 0 Å². The Labute approximate surface area is 97.1 Å². The van der Waals surface area contributed by atoms with Crippen molar-refractivity contribution in [2.75, 3.05) is 6.54 Å². The fraction of sp³-hybridized carbons (Fsp3) is 0.571. The van der Waals surface area contributed by atoms with Gasteiger partial charge < -0.3 is 5.32 Å². The van der Waals surface area contributed by atoms with Crippen molar-refractivity contribution < 1.29 is 4.39 Å². The summed E-state index contributed by atoms with van der Waals surface area (Å²) in [6.45, 7) is 1.97. The van der Waals surface area contributed by atoms with Crippen molar-refractivity contribution >= 4 is 0 Å². The molecular weight excluding hydrogens is 201 g/mol. The molecule has 0 atom stereocenters. The van der Waals surface area contributed by atoms with Gasteiger partial charge in [-0.3, -0.25) is 0 Å². The lowest BCUT2D eigenvalue weighted by Gasteiger charge is -2.21. The van der Waals surface area contributed by atoms with Gasteiger partial charge in [-0.2, -0.15) is 0 Å². The largest absolute Gasteiger partial charge is 0.312 e. The number of hydrogen-bond donors (Lipinski definition) is 1. The molecular formula is C14H20FN. The summed E-state index contributed by atoms with van der Waals surface area (Å²) in [6, 6.07) is 6.75. The zero-order valence-corrected chi connectivity index (χ0v) is 9.71. The lowest BCUT2D eigenvalue weighted by atomic mass is 9.89. The van der Waals surface area contributed by atoms with Crippen LogP contribution in [-0.4, -0.2) is 6.54 Å². The van der Waals surface area contributed by atoms with Gasteiger partial charge in [0.15, 0.2) is 0 Å². The molecule has 0 amide bonds. The molecule has 0 saturated heterocycles. The Morgan fingerprint density at radius 2 is 1.75 bits per heavy atom. The molecule has 1 aliphatic carbocycles. The van der Waals surface area contributed by atoms with Crippen LogP contribution in [0.2, 0.25) is 0 Å². The molecule has 16 heavy (non-hydrogen) atoms. The van der Waals surface area contributed by atoms with Crippen LogP contribution in [0.1, 0.15) is 37.7 Å². The monoisotopic (exact) mass is 221 g/mol. The van der Waals surface area contributed by atoms with Gasteiger partial charge >= 0.3 is 0 Å². The van der Waals surface area contributed by atoms with E-state index < -0.39 is 0 Å². The molecule has 1 aromatic carbocycles. The van der Waals surface area contributed by atoms with Crippen molar-refractivity contribution in [2.24, 2.45) is 5.92 Å². The van der Waals surface area contributed by atoms with Gasteiger partial charge in [0.25, 0.3) is 0 Å². The highest BCUT2D eigenvalue weighted by Crippen LogP contribution is 2.22. The Kier molecular flexibility index (Phi) is 4.34. The van der Waals surface area contributed by atoms with E-state index in [9.17, 15) is 4.39 Å². The summed E-state index contributed by atoms with van der Waals surface area (Å²) in [4.78, 5) is 0. The molecule has 0 bridgehead atoms. The number of halogens is 1. The van der Waals surface area contributed by atoms with Crippen LogP contribution >= 0.6 is 0 Å². The second kappa shape index (κ2) is 6.00. The molecule has 1 fully saturated rings. The van der Waals surface area contributed by atoms with Gasteiger partial charge in [-0.05, 0) is 43.0 Å². The fourth-order valence-electron chi connectivity index (χ4n) is 2.41. The van der Waals surface area contributed by atoms with E-state index in [1.54, 1.807) is 0 Å². The van der Waals surface area contributed by atoms with Crippen LogP contribution in [0.3, 0.4) is 0 Å². The van der Waals surface area contributed by atoms with Gasteiger partial charge in [0.1, 0.15) is 5.82 Å². The maximum Gasteiger partial charge on any atom is 0.123 e. The maximum atomic E-state index is 12.7. The molecule has 1 aliphatic rings. The quantitative estimate of drug-likeness (QED) is 0.820. The van der Waals surface area contributed by atoms with E-state index in [0.29, 0.717) is 0 Å². The molecule has 0 unspecified atom stereocenters. The van der Waals surface area contributed by atoms with E-state index in [1.165, 1.54) is 44.2 Å². The molecule has 0 spiro atoms. The first kappa shape index (κ1) is 11.6. The van der Waals surface area contributed by atoms with Gasteiger partial charge in [0, 0.05) is 6.54 Å². The van der Waals surface area contributed by atoms with Crippen LogP contribution < -0.4 is 5.32 Å². The Morgan fingerprint density at radius 1 is 1.06 bits per heavy atom. The predicted octanol–water partition coefficient (Wildman–Crippen LogP) is 3.50. The van der Waals surface area contributed by atoms with Crippen molar-refractivity contribution in [1.82, 2.24) is 5.32 Å². The molecule has 0 aliphatic heterocycles. The van der Waals surface area contributed by atoms with Gasteiger partial charge in [-0.25, -0.2) is 4.39 Å². The molecule has 1 saturated carbocycles. The highest BCUT2D eigenvalue weighted by Gasteiger charge is 2.12. The van der Waals surface area contributed by atoms with Crippen LogP contribution in [0.25, 0.3) is 0 Å². The van der Waals surface area contributed by atoms with Crippen LogP contribution in [-0.2, 0) is 6.54 Å². The number of benzene rings is 1. The maximum absolute atomic E-state index is 12.7. The minimum Gasteiger partial charge on any atom is -0.312 e. The molecule has 0 aromatic heterocycles. The third-order valence-electron chi connectivity index (χ3n) is 3.40. The Balaban J connectivity index is 1.69. The van der Waals surface area contributed by atoms with E-state index in [4.69, 9.17) is 0 Å². The molecule has 1 nitrogen and oxygen atoms in total. The normalized spacial score (nSPS) is 17.6. The van der Waals surface area contributed by atoms with E-state index in [1.807, 2.05) is 12.1 Å². The van der Waals surface area contributed by atoms with Crippen LogP contribution in [0.15, 0.2) is 24.3 Å². The lowest BCUT2D eigenvalue weighted by molar-refractivity contribution is 0.342. The summed E-state index contributed by atoms with van der Waals surface area (Å²) < 4.78 is 12.7. The summed E-state index contributed by atoms with van der Waals surface area (Å²) in [5.74, 6) is 0.699. The number of nitrogens with one attached hydrogen (secondary N) is 1. The summed E-state index contributed by atoms with van der Waals surface area (Å²) in [7, 11) is 0. The first-order valence-corrected chi connectivity index (χ1v) is 6.30. The van der Waals surface area contributed by atoms with E-state index in [-0.39, 0.29) is 5.82 Å². The van der Waals surface area contributed by atoms with Gasteiger partial charge in [-0.1, -0.05) is 31.4 Å². The molecule has 2 rings (SSSR count). The van der Waals surface area contributed by atoms with Gasteiger partial charge in [-0.15, -0.1) is 0 Å². The van der Waals surface area contributed by atoms with Crippen LogP contribution in [0, 0.1) is 11.7 Å². The SMILES string of the molecule is Fc1ccc(CNCC2CCCCC2)cc1. The summed E-state index contributed by atoms with van der Waals surface area (Å²) >= 11 is 0. The van der Waals surface area contributed by atoms with E-state index in [0.717, 1.165) is 24.6 Å². The average Bonchev–Trinajstić information content (AvgIpc) is 2.33. The zero-order chi connectivity index (χ0) is 11.2. The zero-order valence-electron chi connectivity index (χ0n) is 9.71. The Bertz CT molecular complexity index is 301. The Hall–Kier alpha value is -0.890. The van der Waals surface area contributed by atoms with Crippen molar-refractivity contribution in [2.45, 2.75) is 38.6 Å². The minimum absolute atomic E-state index is 0.156. The lowest BCUT2D eigenvalue weighted by Crippen LogP contribution is -2.24. The average molecular weight is 221 g/mol. The molecule has 1 N–H and O–H groups in total. The van der Waals surface area contributed by atoms with Crippen molar-refractivity contribution in [3.05, 3.63) is 35.6 Å². The second-order valence-electron chi connectivity index (χ2n) is 4.76. The van der Waals surface area contributed by atoms with Gasteiger partial charge in [0.2, 0.25) is 0 Å². The third kappa shape index (κ3) is 3.60. The van der Waals surface area contributed by atoms with E-state index in [2.05, 4.69) is 5.32 Å². The highest BCUT2D eigenvalue weighted by molar-refractivity contribution is 5.15. The van der Waals surface area contributed by atoms with Crippen molar-refractivity contribution in [1.29, 1.82) is 0 Å².